The molecule has 0 bridgehead atoms. The van der Waals surface area contributed by atoms with Crippen LogP contribution in [0.25, 0.3) is 0 Å². The van der Waals surface area contributed by atoms with Crippen LogP contribution in [0.5, 0.6) is 0 Å². The Kier molecular flexibility index (Phi) is 6.42. The maximum atomic E-state index is 11.4. The topological polar surface area (TPSA) is 55.4 Å². The van der Waals surface area contributed by atoms with Crippen LogP contribution in [0.3, 0.4) is 0 Å². The smallest absolute Gasteiger partial charge is 0.311 e. The van der Waals surface area contributed by atoms with Gasteiger partial charge in [0.15, 0.2) is 0 Å². The summed E-state index contributed by atoms with van der Waals surface area (Å²) < 4.78 is 4.89. The zero-order chi connectivity index (χ0) is 11.8. The highest BCUT2D eigenvalue weighted by Gasteiger charge is 2.23. The van der Waals surface area contributed by atoms with Crippen LogP contribution in [-0.4, -0.2) is 24.5 Å². The number of ether oxygens (including phenoxy) is 1. The minimum atomic E-state index is -0.370. The van der Waals surface area contributed by atoms with E-state index in [1.165, 1.54) is 6.92 Å². The van der Waals surface area contributed by atoms with Crippen LogP contribution >= 0.6 is 0 Å². The van der Waals surface area contributed by atoms with Crippen molar-refractivity contribution < 1.29 is 14.3 Å². The molecule has 0 aliphatic heterocycles. The Morgan fingerprint density at radius 2 is 2.07 bits per heavy atom. The predicted molar refractivity (Wildman–Crippen MR) is 58.2 cm³/mol. The van der Waals surface area contributed by atoms with Crippen molar-refractivity contribution in [1.82, 2.24) is 5.32 Å². The molecule has 4 heteroatoms. The summed E-state index contributed by atoms with van der Waals surface area (Å²) in [6.45, 7) is 7.11. The van der Waals surface area contributed by atoms with E-state index in [1.807, 2.05) is 6.92 Å². The van der Waals surface area contributed by atoms with Gasteiger partial charge in [-0.1, -0.05) is 12.2 Å². The molecule has 2 atom stereocenters. The zero-order valence-electron chi connectivity index (χ0n) is 9.74. The highest BCUT2D eigenvalue weighted by Crippen LogP contribution is 2.07. The third-order valence-corrected chi connectivity index (χ3v) is 1.97. The SMILES string of the molecule is C/C=C/C(NC(C)=O)C(C)C(=O)OCC. The van der Waals surface area contributed by atoms with Crippen molar-refractivity contribution in [2.24, 2.45) is 5.92 Å². The van der Waals surface area contributed by atoms with Crippen LogP contribution in [0, 0.1) is 5.92 Å². The molecule has 2 unspecified atom stereocenters. The molecule has 0 rings (SSSR count). The number of carbonyl (C=O) groups is 2. The average molecular weight is 213 g/mol. The average Bonchev–Trinajstić information content (AvgIpc) is 2.16. The van der Waals surface area contributed by atoms with E-state index in [0.717, 1.165) is 0 Å². The van der Waals surface area contributed by atoms with E-state index in [0.29, 0.717) is 6.61 Å². The van der Waals surface area contributed by atoms with E-state index in [4.69, 9.17) is 4.74 Å². The molecule has 0 fully saturated rings. The fourth-order valence-electron chi connectivity index (χ4n) is 1.20. The molecule has 0 aromatic carbocycles. The molecule has 86 valence electrons. The summed E-state index contributed by atoms with van der Waals surface area (Å²) in [5.74, 6) is -0.825. The van der Waals surface area contributed by atoms with E-state index in [1.54, 1.807) is 26.0 Å². The summed E-state index contributed by atoms with van der Waals surface area (Å²) in [7, 11) is 0. The van der Waals surface area contributed by atoms with Crippen molar-refractivity contribution in [2.75, 3.05) is 6.61 Å². The van der Waals surface area contributed by atoms with Gasteiger partial charge in [-0.2, -0.15) is 0 Å². The van der Waals surface area contributed by atoms with Gasteiger partial charge in [0, 0.05) is 6.92 Å². The summed E-state index contributed by atoms with van der Waals surface area (Å²) in [6, 6.07) is -0.299. The number of nitrogens with one attached hydrogen (secondary N) is 1. The second kappa shape index (κ2) is 7.04. The van der Waals surface area contributed by atoms with Crippen molar-refractivity contribution in [2.45, 2.75) is 33.7 Å². The summed E-state index contributed by atoms with van der Waals surface area (Å²) in [5, 5.41) is 2.69. The van der Waals surface area contributed by atoms with Crippen molar-refractivity contribution in [3.05, 3.63) is 12.2 Å². The quantitative estimate of drug-likeness (QED) is 0.552. The lowest BCUT2D eigenvalue weighted by molar-refractivity contribution is -0.148. The standard InChI is InChI=1S/C11H19NO3/c1-5-7-10(12-9(4)13)8(3)11(14)15-6-2/h5,7-8,10H,6H2,1-4H3,(H,12,13)/b7-5+. The summed E-state index contributed by atoms with van der Waals surface area (Å²) >= 11 is 0. The second-order valence-electron chi connectivity index (χ2n) is 3.29. The molecule has 15 heavy (non-hydrogen) atoms. The van der Waals surface area contributed by atoms with E-state index >= 15 is 0 Å². The van der Waals surface area contributed by atoms with Crippen molar-refractivity contribution >= 4 is 11.9 Å². The van der Waals surface area contributed by atoms with E-state index in [2.05, 4.69) is 5.32 Å². The number of amides is 1. The number of hydrogen-bond donors (Lipinski definition) is 1. The van der Waals surface area contributed by atoms with Crippen molar-refractivity contribution in [3.8, 4) is 0 Å². The number of allylic oxidation sites excluding steroid dienone is 1. The molecule has 0 radical (unpaired) electrons. The van der Waals surface area contributed by atoms with Crippen LogP contribution in [0.4, 0.5) is 0 Å². The Morgan fingerprint density at radius 3 is 2.47 bits per heavy atom. The molecule has 0 aliphatic rings. The van der Waals surface area contributed by atoms with E-state index in [9.17, 15) is 9.59 Å². The Labute approximate surface area is 90.7 Å². The van der Waals surface area contributed by atoms with Gasteiger partial charge in [-0.25, -0.2) is 0 Å². The van der Waals surface area contributed by atoms with Crippen LogP contribution < -0.4 is 5.32 Å². The first-order chi connectivity index (χ1) is 7.02. The van der Waals surface area contributed by atoms with Gasteiger partial charge in [0.2, 0.25) is 5.91 Å². The lowest BCUT2D eigenvalue weighted by Crippen LogP contribution is -2.40. The van der Waals surface area contributed by atoms with Gasteiger partial charge in [0.25, 0.3) is 0 Å². The fourth-order valence-corrected chi connectivity index (χ4v) is 1.20. The molecular weight excluding hydrogens is 194 g/mol. The lowest BCUT2D eigenvalue weighted by atomic mass is 10.0. The Bertz CT molecular complexity index is 248. The van der Waals surface area contributed by atoms with Gasteiger partial charge >= 0.3 is 5.97 Å². The van der Waals surface area contributed by atoms with Crippen LogP contribution in [0.2, 0.25) is 0 Å². The number of rotatable bonds is 5. The van der Waals surface area contributed by atoms with Crippen LogP contribution in [0.1, 0.15) is 27.7 Å². The largest absolute Gasteiger partial charge is 0.466 e. The lowest BCUT2D eigenvalue weighted by Gasteiger charge is -2.19. The molecule has 4 nitrogen and oxygen atoms in total. The van der Waals surface area contributed by atoms with Gasteiger partial charge in [-0.3, -0.25) is 9.59 Å². The molecule has 0 aromatic heterocycles. The maximum absolute atomic E-state index is 11.4. The number of hydrogen-bond acceptors (Lipinski definition) is 3. The molecule has 0 spiro atoms. The zero-order valence-corrected chi connectivity index (χ0v) is 9.74. The molecule has 1 N–H and O–H groups in total. The first-order valence-corrected chi connectivity index (χ1v) is 5.09. The normalized spacial score (nSPS) is 14.7. The van der Waals surface area contributed by atoms with Gasteiger partial charge in [0.1, 0.15) is 0 Å². The highest BCUT2D eigenvalue weighted by molar-refractivity contribution is 5.77. The third-order valence-electron chi connectivity index (χ3n) is 1.97. The first-order valence-electron chi connectivity index (χ1n) is 5.09. The first kappa shape index (κ1) is 13.7. The summed E-state index contributed by atoms with van der Waals surface area (Å²) in [6.07, 6.45) is 3.58. The molecular formula is C11H19NO3. The number of carbonyl (C=O) groups excluding carboxylic acids is 2. The maximum Gasteiger partial charge on any atom is 0.311 e. The second-order valence-corrected chi connectivity index (χ2v) is 3.29. The van der Waals surface area contributed by atoms with Gasteiger partial charge in [-0.15, -0.1) is 0 Å². The van der Waals surface area contributed by atoms with E-state index < -0.39 is 0 Å². The Balaban J connectivity index is 4.46. The van der Waals surface area contributed by atoms with Crippen LogP contribution in [-0.2, 0) is 14.3 Å². The summed E-state index contributed by atoms with van der Waals surface area (Å²) in [4.78, 5) is 22.4. The van der Waals surface area contributed by atoms with Crippen molar-refractivity contribution in [3.63, 3.8) is 0 Å². The van der Waals surface area contributed by atoms with Gasteiger partial charge in [-0.05, 0) is 20.8 Å². The molecule has 0 aromatic rings. The van der Waals surface area contributed by atoms with Crippen molar-refractivity contribution in [1.29, 1.82) is 0 Å². The Morgan fingerprint density at radius 1 is 1.47 bits per heavy atom. The Hall–Kier alpha value is -1.32. The van der Waals surface area contributed by atoms with Crippen LogP contribution in [0.15, 0.2) is 12.2 Å². The molecule has 0 heterocycles. The third kappa shape index (κ3) is 5.20. The number of esters is 1. The minimum absolute atomic E-state index is 0.158. The van der Waals surface area contributed by atoms with Gasteiger partial charge < -0.3 is 10.1 Å². The minimum Gasteiger partial charge on any atom is -0.466 e. The summed E-state index contributed by atoms with van der Waals surface area (Å²) in [5.41, 5.74) is 0. The molecule has 0 saturated carbocycles. The fraction of sp³-hybridized carbons (Fsp3) is 0.636. The van der Waals surface area contributed by atoms with Gasteiger partial charge in [0.05, 0.1) is 18.6 Å². The molecule has 0 aliphatic carbocycles. The monoisotopic (exact) mass is 213 g/mol. The highest BCUT2D eigenvalue weighted by atomic mass is 16.5. The van der Waals surface area contributed by atoms with E-state index in [-0.39, 0.29) is 23.8 Å². The molecule has 1 amide bonds. The predicted octanol–water partition coefficient (Wildman–Crippen LogP) is 1.27. The molecule has 0 saturated heterocycles.